The van der Waals surface area contributed by atoms with E-state index in [1.165, 1.54) is 0 Å². The number of ether oxygens (including phenoxy) is 1. The van der Waals surface area contributed by atoms with E-state index in [1.54, 1.807) is 28.0 Å². The molecule has 0 aliphatic heterocycles. The molecule has 0 aliphatic carbocycles. The van der Waals surface area contributed by atoms with Crippen molar-refractivity contribution >= 4 is 64.9 Å². The van der Waals surface area contributed by atoms with Gasteiger partial charge in [-0.25, -0.2) is 0 Å². The minimum absolute atomic E-state index is 0. The number of hydrogen-bond donors (Lipinski definition) is 2. The van der Waals surface area contributed by atoms with E-state index in [-0.39, 0.29) is 22.2 Å². The standard InChI is InChI=1S/C22H26N6OS2.Cu/c1-15(25-27-21(30)23-3)16(2)26-28-22(31)24-19-11-7-17(8-12-19)5-6-18-9-13-20(29-4)14-10-18;/h5-14H,1-4H3,(H2,23,27,30)(H2,24,28,31);/q;+2/p-2/b6-5+,25-15+,26-16+;. The van der Waals surface area contributed by atoms with E-state index in [1.807, 2.05) is 60.7 Å². The van der Waals surface area contributed by atoms with Crippen LogP contribution in [0.15, 0.2) is 68.9 Å². The fraction of sp³-hybridized carbons (Fsp3) is 0.182. The number of nitrogens with zero attached hydrogens (tertiary/aromatic N) is 4. The molecule has 32 heavy (non-hydrogen) atoms. The van der Waals surface area contributed by atoms with Crippen molar-refractivity contribution in [3.8, 4) is 5.75 Å². The molecule has 0 heterocycles. The summed E-state index contributed by atoms with van der Waals surface area (Å²) >= 11 is 10.1. The van der Waals surface area contributed by atoms with Crippen molar-refractivity contribution in [2.75, 3.05) is 19.5 Å². The Kier molecular flexibility index (Phi) is 12.2. The summed E-state index contributed by atoms with van der Waals surface area (Å²) in [4.78, 5) is 0. The molecule has 1 radical (unpaired) electrons. The molecule has 0 saturated heterocycles. The Labute approximate surface area is 210 Å². The fourth-order valence-electron chi connectivity index (χ4n) is 2.17. The predicted octanol–water partition coefficient (Wildman–Crippen LogP) is 4.05. The topological polar surface area (TPSA) is 82.7 Å². The van der Waals surface area contributed by atoms with E-state index >= 15 is 0 Å². The summed E-state index contributed by atoms with van der Waals surface area (Å²) in [7, 11) is 3.34. The minimum Gasteiger partial charge on any atom is -0.741 e. The number of amidine groups is 2. The second-order valence-corrected chi connectivity index (χ2v) is 7.06. The van der Waals surface area contributed by atoms with Gasteiger partial charge in [0.25, 0.3) is 0 Å². The largest absolute Gasteiger partial charge is 2.00 e. The van der Waals surface area contributed by atoms with Gasteiger partial charge in [-0.1, -0.05) is 36.4 Å². The van der Waals surface area contributed by atoms with Crippen molar-refractivity contribution in [3.05, 3.63) is 59.7 Å². The third-order valence-electron chi connectivity index (χ3n) is 4.07. The minimum atomic E-state index is 0. The van der Waals surface area contributed by atoms with Crippen molar-refractivity contribution in [1.82, 2.24) is 5.32 Å². The summed E-state index contributed by atoms with van der Waals surface area (Å²) in [5.41, 5.74) is 4.16. The van der Waals surface area contributed by atoms with Crippen molar-refractivity contribution < 1.29 is 21.8 Å². The van der Waals surface area contributed by atoms with Crippen LogP contribution in [0.5, 0.6) is 5.75 Å². The summed E-state index contributed by atoms with van der Waals surface area (Å²) in [6.07, 6.45) is 4.08. The zero-order valence-electron chi connectivity index (χ0n) is 18.1. The molecule has 2 aromatic rings. The van der Waals surface area contributed by atoms with Crippen LogP contribution in [-0.4, -0.2) is 35.9 Å². The summed E-state index contributed by atoms with van der Waals surface area (Å²) in [6, 6.07) is 15.7. The first-order valence-corrected chi connectivity index (χ1v) is 10.2. The number of hydrogen-bond acceptors (Lipinski definition) is 7. The van der Waals surface area contributed by atoms with Gasteiger partial charge in [0.15, 0.2) is 0 Å². The summed E-state index contributed by atoms with van der Waals surface area (Å²) in [5, 5.41) is 22.2. The molecule has 2 rings (SSSR count). The van der Waals surface area contributed by atoms with Gasteiger partial charge in [-0.2, -0.15) is 20.4 Å². The van der Waals surface area contributed by atoms with Gasteiger partial charge in [-0.05, 0) is 54.4 Å². The molecule has 0 aliphatic rings. The van der Waals surface area contributed by atoms with Gasteiger partial charge in [0.2, 0.25) is 0 Å². The molecule has 0 saturated carbocycles. The van der Waals surface area contributed by atoms with Crippen LogP contribution >= 0.6 is 0 Å². The number of nitrogens with one attached hydrogen (secondary N) is 2. The van der Waals surface area contributed by atoms with Gasteiger partial charge in [0.05, 0.1) is 18.5 Å². The molecular formula is C22H24CuN6OS2. The number of rotatable bonds is 7. The van der Waals surface area contributed by atoms with Crippen molar-refractivity contribution in [2.45, 2.75) is 13.8 Å². The Morgan fingerprint density at radius 2 is 1.25 bits per heavy atom. The number of anilines is 1. The monoisotopic (exact) mass is 515 g/mol. The number of methoxy groups -OCH3 is 1. The van der Waals surface area contributed by atoms with Gasteiger partial charge in [-0.3, -0.25) is 0 Å². The van der Waals surface area contributed by atoms with E-state index in [2.05, 4.69) is 31.0 Å². The molecule has 171 valence electrons. The SMILES string of the molecule is CN/C([S-])=N/N=C(C)/C(C)=N/N=C(\[S-])Nc1ccc(/C=C/c2ccc(OC)cc2)cc1.[Cu+2]. The van der Waals surface area contributed by atoms with Crippen molar-refractivity contribution in [3.63, 3.8) is 0 Å². The van der Waals surface area contributed by atoms with Gasteiger partial charge in [-0.15, -0.1) is 0 Å². The maximum absolute atomic E-state index is 5.23. The molecular weight excluding hydrogens is 492 g/mol. The molecule has 2 aromatic carbocycles. The molecule has 0 spiro atoms. The average molecular weight is 516 g/mol. The van der Waals surface area contributed by atoms with Crippen LogP contribution in [-0.2, 0) is 42.3 Å². The summed E-state index contributed by atoms with van der Waals surface area (Å²) < 4.78 is 5.17. The predicted molar refractivity (Wildman–Crippen MR) is 137 cm³/mol. The van der Waals surface area contributed by atoms with Gasteiger partial charge in [0.1, 0.15) is 5.75 Å². The zero-order chi connectivity index (χ0) is 22.6. The Bertz CT molecular complexity index is 1020. The Balaban J connectivity index is 0.00000512. The molecule has 0 unspecified atom stereocenters. The second-order valence-electron chi connectivity index (χ2n) is 6.28. The number of benzene rings is 2. The third-order valence-corrected chi connectivity index (χ3v) is 4.53. The van der Waals surface area contributed by atoms with Crippen molar-refractivity contribution in [2.24, 2.45) is 20.4 Å². The van der Waals surface area contributed by atoms with E-state index in [0.29, 0.717) is 16.6 Å². The molecule has 0 aromatic heterocycles. The fourth-order valence-corrected chi connectivity index (χ4v) is 2.37. The van der Waals surface area contributed by atoms with Crippen LogP contribution in [0, 0.1) is 0 Å². The molecule has 0 atom stereocenters. The molecule has 0 amide bonds. The third kappa shape index (κ3) is 9.57. The first-order valence-electron chi connectivity index (χ1n) is 9.37. The smallest absolute Gasteiger partial charge is 0.741 e. The molecule has 7 nitrogen and oxygen atoms in total. The van der Waals surface area contributed by atoms with Crippen LogP contribution in [0.25, 0.3) is 12.2 Å². The molecule has 0 fully saturated rings. The van der Waals surface area contributed by atoms with Gasteiger partial charge < -0.3 is 40.6 Å². The quantitative estimate of drug-likeness (QED) is 0.145. The van der Waals surface area contributed by atoms with Crippen LogP contribution in [0.1, 0.15) is 25.0 Å². The van der Waals surface area contributed by atoms with Gasteiger partial charge in [0, 0.05) is 17.9 Å². The Hall–Kier alpha value is -2.78. The van der Waals surface area contributed by atoms with Crippen LogP contribution in [0.4, 0.5) is 5.69 Å². The van der Waals surface area contributed by atoms with E-state index < -0.39 is 0 Å². The van der Waals surface area contributed by atoms with Crippen molar-refractivity contribution in [1.29, 1.82) is 0 Å². The Morgan fingerprint density at radius 1 is 0.781 bits per heavy atom. The summed E-state index contributed by atoms with van der Waals surface area (Å²) in [5.74, 6) is 0.837. The van der Waals surface area contributed by atoms with Gasteiger partial charge >= 0.3 is 17.1 Å². The maximum atomic E-state index is 5.23. The average Bonchev–Trinajstić information content (AvgIpc) is 2.80. The normalized spacial score (nSPS) is 13.0. The van der Waals surface area contributed by atoms with E-state index in [9.17, 15) is 0 Å². The van der Waals surface area contributed by atoms with Crippen LogP contribution in [0.2, 0.25) is 0 Å². The van der Waals surface area contributed by atoms with Crippen LogP contribution < -0.4 is 15.4 Å². The first kappa shape index (κ1) is 27.3. The Morgan fingerprint density at radius 3 is 1.72 bits per heavy atom. The molecule has 0 bridgehead atoms. The summed E-state index contributed by atoms with van der Waals surface area (Å²) in [6.45, 7) is 3.54. The van der Waals surface area contributed by atoms with E-state index in [4.69, 9.17) is 30.0 Å². The van der Waals surface area contributed by atoms with E-state index in [0.717, 1.165) is 22.6 Å². The molecule has 10 heteroatoms. The molecule has 2 N–H and O–H groups in total. The first-order chi connectivity index (χ1) is 14.9. The zero-order valence-corrected chi connectivity index (χ0v) is 20.7. The van der Waals surface area contributed by atoms with Crippen LogP contribution in [0.3, 0.4) is 0 Å². The maximum Gasteiger partial charge on any atom is 2.00 e. The second kappa shape index (κ2) is 14.3.